The molecule has 10 heavy (non-hydrogen) atoms. The number of hydrogen-bond donors (Lipinski definition) is 1. The Morgan fingerprint density at radius 3 is 2.80 bits per heavy atom. The smallest absolute Gasteiger partial charge is 0.292 e. The minimum absolute atomic E-state index is 0.0764. The number of nitro benzene ring substituents is 1. The molecule has 0 aliphatic carbocycles. The summed E-state index contributed by atoms with van der Waals surface area (Å²) in [4.78, 5) is 9.59. The maximum absolute atomic E-state index is 10.1. The molecule has 0 spiro atoms. The zero-order valence-corrected chi connectivity index (χ0v) is 5.07. The molecule has 0 amide bonds. The number of rotatable bonds is 1. The van der Waals surface area contributed by atoms with Gasteiger partial charge in [0.05, 0.1) is 4.92 Å². The molecule has 1 rings (SSSR count). The zero-order valence-electron chi connectivity index (χ0n) is 5.07. The highest BCUT2D eigenvalue weighted by Gasteiger charge is 2.07. The van der Waals surface area contributed by atoms with Crippen LogP contribution in [0, 0.1) is 16.2 Å². The molecule has 0 aliphatic rings. The summed E-state index contributed by atoms with van der Waals surface area (Å²) in [6, 6.07) is 6.91. The Labute approximate surface area is 57.4 Å². The van der Waals surface area contributed by atoms with Crippen LogP contribution in [0.1, 0.15) is 0 Å². The summed E-state index contributed by atoms with van der Waals surface area (Å²) in [7, 11) is 0. The second-order valence-electron chi connectivity index (χ2n) is 1.73. The van der Waals surface area contributed by atoms with Gasteiger partial charge in [0, 0.05) is 12.1 Å². The first-order valence-corrected chi connectivity index (χ1v) is 2.62. The van der Waals surface area contributed by atoms with Crippen molar-refractivity contribution < 1.29 is 4.92 Å². The van der Waals surface area contributed by atoms with E-state index in [4.69, 9.17) is 5.73 Å². The van der Waals surface area contributed by atoms with Crippen molar-refractivity contribution in [3.05, 3.63) is 34.4 Å². The minimum atomic E-state index is -0.536. The maximum Gasteiger partial charge on any atom is 0.292 e. The van der Waals surface area contributed by atoms with Crippen LogP contribution in [0.5, 0.6) is 0 Å². The van der Waals surface area contributed by atoms with Crippen molar-refractivity contribution in [2.45, 2.75) is 0 Å². The summed E-state index contributed by atoms with van der Waals surface area (Å²) in [5.41, 5.74) is 5.21. The summed E-state index contributed by atoms with van der Waals surface area (Å²) in [5.74, 6) is 0. The molecular formula is C6H5N2O2. The Bertz CT molecular complexity index is 260. The van der Waals surface area contributed by atoms with Crippen LogP contribution in [0.15, 0.2) is 18.2 Å². The molecular weight excluding hydrogens is 132 g/mol. The second kappa shape index (κ2) is 2.34. The van der Waals surface area contributed by atoms with Gasteiger partial charge in [-0.25, -0.2) is 0 Å². The lowest BCUT2D eigenvalue weighted by atomic mass is 10.3. The van der Waals surface area contributed by atoms with Crippen molar-refractivity contribution in [1.29, 1.82) is 0 Å². The Hall–Kier alpha value is -1.58. The first-order valence-electron chi connectivity index (χ1n) is 2.62. The number of hydrogen-bond acceptors (Lipinski definition) is 3. The molecule has 4 heteroatoms. The lowest BCUT2D eigenvalue weighted by Gasteiger charge is -1.92. The van der Waals surface area contributed by atoms with Crippen LogP contribution in [-0.4, -0.2) is 4.92 Å². The van der Waals surface area contributed by atoms with E-state index in [0.29, 0.717) is 0 Å². The number of nitrogens with zero attached hydrogens (tertiary/aromatic N) is 1. The van der Waals surface area contributed by atoms with E-state index in [1.807, 2.05) is 0 Å². The van der Waals surface area contributed by atoms with Gasteiger partial charge in [0.25, 0.3) is 5.69 Å². The fourth-order valence-corrected chi connectivity index (χ4v) is 0.600. The molecule has 0 unspecified atom stereocenters. The summed E-state index contributed by atoms with van der Waals surface area (Å²) in [5, 5.41) is 10.1. The molecule has 4 nitrogen and oxygen atoms in total. The van der Waals surface area contributed by atoms with Crippen LogP contribution in [0.3, 0.4) is 0 Å². The van der Waals surface area contributed by atoms with E-state index in [1.165, 1.54) is 18.2 Å². The van der Waals surface area contributed by atoms with Gasteiger partial charge in [-0.05, 0) is 0 Å². The first-order chi connectivity index (χ1) is 4.72. The van der Waals surface area contributed by atoms with E-state index in [0.717, 1.165) is 0 Å². The summed E-state index contributed by atoms with van der Waals surface area (Å²) < 4.78 is 0. The van der Waals surface area contributed by atoms with Gasteiger partial charge >= 0.3 is 0 Å². The van der Waals surface area contributed by atoms with E-state index in [1.54, 1.807) is 0 Å². The molecule has 0 fully saturated rings. The van der Waals surface area contributed by atoms with E-state index in [2.05, 4.69) is 6.07 Å². The van der Waals surface area contributed by atoms with Crippen LogP contribution in [0.2, 0.25) is 0 Å². The number of nitro groups is 1. The van der Waals surface area contributed by atoms with Crippen molar-refractivity contribution in [2.75, 3.05) is 5.73 Å². The predicted molar refractivity (Wildman–Crippen MR) is 36.3 cm³/mol. The largest absolute Gasteiger partial charge is 0.393 e. The Kier molecular flexibility index (Phi) is 1.53. The number of nitrogen functional groups attached to an aromatic ring is 1. The number of nitrogens with two attached hydrogens (primary N) is 1. The predicted octanol–water partition coefficient (Wildman–Crippen LogP) is 0.977. The highest BCUT2D eigenvalue weighted by Crippen LogP contribution is 2.17. The third kappa shape index (κ3) is 1.05. The van der Waals surface area contributed by atoms with Gasteiger partial charge in [0.1, 0.15) is 5.69 Å². The summed E-state index contributed by atoms with van der Waals surface area (Å²) in [6.45, 7) is 0. The lowest BCUT2D eigenvalue weighted by molar-refractivity contribution is -0.383. The fourth-order valence-electron chi connectivity index (χ4n) is 0.600. The van der Waals surface area contributed by atoms with Gasteiger partial charge < -0.3 is 5.73 Å². The van der Waals surface area contributed by atoms with E-state index < -0.39 is 4.92 Å². The number of anilines is 1. The molecule has 0 heterocycles. The monoisotopic (exact) mass is 137 g/mol. The van der Waals surface area contributed by atoms with Gasteiger partial charge in [-0.3, -0.25) is 10.1 Å². The molecule has 51 valence electrons. The molecule has 0 bridgehead atoms. The fraction of sp³-hybridized carbons (Fsp3) is 0. The van der Waals surface area contributed by atoms with E-state index in [9.17, 15) is 10.1 Å². The Morgan fingerprint density at radius 2 is 2.40 bits per heavy atom. The molecule has 0 aliphatic heterocycles. The lowest BCUT2D eigenvalue weighted by Crippen LogP contribution is -1.94. The number of benzene rings is 1. The molecule has 0 saturated carbocycles. The highest BCUT2D eigenvalue weighted by atomic mass is 16.6. The molecule has 0 aromatic heterocycles. The second-order valence-corrected chi connectivity index (χ2v) is 1.73. The Balaban J connectivity index is 3.15. The van der Waals surface area contributed by atoms with Crippen LogP contribution < -0.4 is 5.73 Å². The summed E-state index contributed by atoms with van der Waals surface area (Å²) >= 11 is 0. The average molecular weight is 137 g/mol. The molecule has 0 atom stereocenters. The normalized spacial score (nSPS) is 9.20. The molecule has 1 radical (unpaired) electrons. The van der Waals surface area contributed by atoms with Crippen LogP contribution in [-0.2, 0) is 0 Å². The quantitative estimate of drug-likeness (QED) is 0.356. The highest BCUT2D eigenvalue weighted by molar-refractivity contribution is 5.56. The third-order valence-corrected chi connectivity index (χ3v) is 1.06. The van der Waals surface area contributed by atoms with Crippen LogP contribution >= 0.6 is 0 Å². The standard InChI is InChI=1S/C6H5N2O2/c7-5-3-1-2-4-6(5)8(9)10/h1-2,4H,7H2. The van der Waals surface area contributed by atoms with Crippen molar-refractivity contribution >= 4 is 11.4 Å². The third-order valence-electron chi connectivity index (χ3n) is 1.06. The molecule has 2 N–H and O–H groups in total. The van der Waals surface area contributed by atoms with Crippen molar-refractivity contribution in [3.8, 4) is 0 Å². The van der Waals surface area contributed by atoms with Crippen LogP contribution in [0.25, 0.3) is 0 Å². The van der Waals surface area contributed by atoms with Crippen molar-refractivity contribution in [2.24, 2.45) is 0 Å². The van der Waals surface area contributed by atoms with E-state index in [-0.39, 0.29) is 11.4 Å². The number of para-hydroxylation sites is 1. The molecule has 1 aromatic carbocycles. The van der Waals surface area contributed by atoms with Crippen molar-refractivity contribution in [3.63, 3.8) is 0 Å². The molecule has 1 aromatic rings. The van der Waals surface area contributed by atoms with Gasteiger partial charge in [-0.2, -0.15) is 0 Å². The minimum Gasteiger partial charge on any atom is -0.393 e. The topological polar surface area (TPSA) is 69.2 Å². The maximum atomic E-state index is 10.1. The van der Waals surface area contributed by atoms with Crippen molar-refractivity contribution in [1.82, 2.24) is 0 Å². The summed E-state index contributed by atoms with van der Waals surface area (Å²) in [6.07, 6.45) is 0. The zero-order chi connectivity index (χ0) is 7.56. The van der Waals surface area contributed by atoms with Crippen LogP contribution in [0.4, 0.5) is 11.4 Å². The van der Waals surface area contributed by atoms with Gasteiger partial charge in [-0.15, -0.1) is 0 Å². The molecule has 0 saturated heterocycles. The van der Waals surface area contributed by atoms with Gasteiger partial charge in [-0.1, -0.05) is 12.1 Å². The first kappa shape index (κ1) is 6.54. The van der Waals surface area contributed by atoms with Gasteiger partial charge in [0.15, 0.2) is 0 Å². The van der Waals surface area contributed by atoms with Gasteiger partial charge in [0.2, 0.25) is 0 Å². The average Bonchev–Trinajstić information content (AvgIpc) is 1.88. The SMILES string of the molecule is Nc1[c]cccc1[N+](=O)[O-]. The van der Waals surface area contributed by atoms with E-state index >= 15 is 0 Å². The Morgan fingerprint density at radius 1 is 1.70 bits per heavy atom.